The van der Waals surface area contributed by atoms with Crippen molar-refractivity contribution in [2.45, 2.75) is 27.3 Å². The summed E-state index contributed by atoms with van der Waals surface area (Å²) >= 11 is 0. The van der Waals surface area contributed by atoms with E-state index in [0.717, 1.165) is 17.8 Å². The van der Waals surface area contributed by atoms with E-state index >= 15 is 0 Å². The van der Waals surface area contributed by atoms with Crippen LogP contribution in [0.3, 0.4) is 0 Å². The number of anilines is 1. The molecule has 1 aromatic carbocycles. The second kappa shape index (κ2) is 7.81. The summed E-state index contributed by atoms with van der Waals surface area (Å²) in [5.41, 5.74) is 2.42. The van der Waals surface area contributed by atoms with Gasteiger partial charge in [0.25, 0.3) is 5.91 Å². The standard InChI is InChI=1S/C15H19N3O2.ClH/c1-4-16-9-12-7-5-6-8-13(12)18-15(19)14-10(2)17-11(3)20-14;/h5-8,16H,4,9H2,1-3H3,(H,18,19);1H. The molecule has 2 N–H and O–H groups in total. The van der Waals surface area contributed by atoms with Gasteiger partial charge in [-0.25, -0.2) is 4.98 Å². The van der Waals surface area contributed by atoms with Crippen LogP contribution in [-0.2, 0) is 6.54 Å². The first-order valence-electron chi connectivity index (χ1n) is 6.65. The number of rotatable bonds is 5. The second-order valence-electron chi connectivity index (χ2n) is 4.54. The second-order valence-corrected chi connectivity index (χ2v) is 4.54. The Balaban J connectivity index is 0.00000220. The molecule has 0 aliphatic rings. The maximum Gasteiger partial charge on any atom is 0.293 e. The Labute approximate surface area is 130 Å². The van der Waals surface area contributed by atoms with Crippen molar-refractivity contribution in [3.05, 3.63) is 47.2 Å². The lowest BCUT2D eigenvalue weighted by Crippen LogP contribution is -2.17. The minimum atomic E-state index is -0.271. The summed E-state index contributed by atoms with van der Waals surface area (Å²) in [6.45, 7) is 7.12. The van der Waals surface area contributed by atoms with Gasteiger partial charge in [0.05, 0.1) is 5.69 Å². The molecule has 0 unspecified atom stereocenters. The molecule has 0 spiro atoms. The number of aromatic nitrogens is 1. The van der Waals surface area contributed by atoms with E-state index in [-0.39, 0.29) is 24.1 Å². The van der Waals surface area contributed by atoms with Gasteiger partial charge in [-0.15, -0.1) is 12.4 Å². The van der Waals surface area contributed by atoms with Crippen LogP contribution >= 0.6 is 12.4 Å². The number of halogens is 1. The zero-order chi connectivity index (χ0) is 14.5. The zero-order valence-corrected chi connectivity index (χ0v) is 13.2. The Morgan fingerprint density at radius 3 is 2.62 bits per heavy atom. The molecular formula is C15H20ClN3O2. The van der Waals surface area contributed by atoms with Crippen molar-refractivity contribution in [3.63, 3.8) is 0 Å². The van der Waals surface area contributed by atoms with Gasteiger partial charge < -0.3 is 15.1 Å². The maximum atomic E-state index is 12.2. The van der Waals surface area contributed by atoms with E-state index in [1.54, 1.807) is 13.8 Å². The van der Waals surface area contributed by atoms with E-state index in [2.05, 4.69) is 15.6 Å². The number of para-hydroxylation sites is 1. The summed E-state index contributed by atoms with van der Waals surface area (Å²) in [6, 6.07) is 7.70. The highest BCUT2D eigenvalue weighted by Crippen LogP contribution is 2.17. The molecule has 0 aliphatic heterocycles. The third kappa shape index (κ3) is 4.31. The van der Waals surface area contributed by atoms with Crippen LogP contribution < -0.4 is 10.6 Å². The quantitative estimate of drug-likeness (QED) is 0.890. The third-order valence-corrected chi connectivity index (χ3v) is 2.94. The van der Waals surface area contributed by atoms with E-state index in [0.29, 0.717) is 18.1 Å². The van der Waals surface area contributed by atoms with Crippen LogP contribution in [0.2, 0.25) is 0 Å². The number of carbonyl (C=O) groups excluding carboxylic acids is 1. The number of hydrogen-bond donors (Lipinski definition) is 2. The van der Waals surface area contributed by atoms with Gasteiger partial charge in [-0.2, -0.15) is 0 Å². The SMILES string of the molecule is CCNCc1ccccc1NC(=O)c1oc(C)nc1C.Cl. The van der Waals surface area contributed by atoms with Crippen LogP contribution in [0.5, 0.6) is 0 Å². The van der Waals surface area contributed by atoms with Crippen LogP contribution in [0.4, 0.5) is 5.69 Å². The predicted octanol–water partition coefficient (Wildman–Crippen LogP) is 3.08. The molecule has 2 aromatic rings. The number of oxazole rings is 1. The minimum Gasteiger partial charge on any atom is -0.436 e. The molecule has 0 saturated carbocycles. The van der Waals surface area contributed by atoms with Crippen LogP contribution in [0.25, 0.3) is 0 Å². The van der Waals surface area contributed by atoms with Crippen molar-refractivity contribution in [2.24, 2.45) is 0 Å². The maximum absolute atomic E-state index is 12.2. The third-order valence-electron chi connectivity index (χ3n) is 2.94. The lowest BCUT2D eigenvalue weighted by Gasteiger charge is -2.10. The molecule has 0 saturated heterocycles. The molecule has 2 rings (SSSR count). The zero-order valence-electron chi connectivity index (χ0n) is 12.4. The van der Waals surface area contributed by atoms with Crippen molar-refractivity contribution >= 4 is 24.0 Å². The van der Waals surface area contributed by atoms with Gasteiger partial charge in [0.2, 0.25) is 5.76 Å². The van der Waals surface area contributed by atoms with E-state index in [9.17, 15) is 4.79 Å². The lowest BCUT2D eigenvalue weighted by atomic mass is 10.1. The number of nitrogens with zero attached hydrogens (tertiary/aromatic N) is 1. The summed E-state index contributed by atoms with van der Waals surface area (Å²) in [7, 11) is 0. The summed E-state index contributed by atoms with van der Waals surface area (Å²) < 4.78 is 5.33. The lowest BCUT2D eigenvalue weighted by molar-refractivity contribution is 0.0994. The first kappa shape index (κ1) is 17.2. The summed E-state index contributed by atoms with van der Waals surface area (Å²) in [5.74, 6) is 0.487. The van der Waals surface area contributed by atoms with Gasteiger partial charge in [0.1, 0.15) is 0 Å². The van der Waals surface area contributed by atoms with E-state index < -0.39 is 0 Å². The molecule has 21 heavy (non-hydrogen) atoms. The molecule has 1 heterocycles. The smallest absolute Gasteiger partial charge is 0.293 e. The highest BCUT2D eigenvalue weighted by molar-refractivity contribution is 6.03. The number of aryl methyl sites for hydroxylation is 2. The molecule has 114 valence electrons. The van der Waals surface area contributed by atoms with E-state index in [1.807, 2.05) is 31.2 Å². The van der Waals surface area contributed by atoms with Crippen molar-refractivity contribution in [3.8, 4) is 0 Å². The minimum absolute atomic E-state index is 0. The average molecular weight is 310 g/mol. The molecule has 1 amide bonds. The molecule has 0 bridgehead atoms. The fraction of sp³-hybridized carbons (Fsp3) is 0.333. The molecular weight excluding hydrogens is 290 g/mol. The molecule has 5 nitrogen and oxygen atoms in total. The molecule has 6 heteroatoms. The van der Waals surface area contributed by atoms with Crippen LogP contribution in [0.15, 0.2) is 28.7 Å². The Bertz CT molecular complexity index is 611. The number of nitrogens with one attached hydrogen (secondary N) is 2. The van der Waals surface area contributed by atoms with Gasteiger partial charge in [0.15, 0.2) is 5.89 Å². The Kier molecular flexibility index (Phi) is 6.39. The fourth-order valence-corrected chi connectivity index (χ4v) is 1.98. The summed E-state index contributed by atoms with van der Waals surface area (Å²) in [5, 5.41) is 6.12. The predicted molar refractivity (Wildman–Crippen MR) is 85.0 cm³/mol. The Morgan fingerprint density at radius 1 is 1.29 bits per heavy atom. The summed E-state index contributed by atoms with van der Waals surface area (Å²) in [4.78, 5) is 16.3. The van der Waals surface area contributed by atoms with Crippen LogP contribution in [0.1, 0.15) is 34.6 Å². The molecule has 0 fully saturated rings. The topological polar surface area (TPSA) is 67.2 Å². The van der Waals surface area contributed by atoms with E-state index in [4.69, 9.17) is 4.42 Å². The van der Waals surface area contributed by atoms with Crippen LogP contribution in [-0.4, -0.2) is 17.4 Å². The highest BCUT2D eigenvalue weighted by Gasteiger charge is 2.16. The first-order chi connectivity index (χ1) is 9.61. The van der Waals surface area contributed by atoms with Gasteiger partial charge in [-0.1, -0.05) is 25.1 Å². The van der Waals surface area contributed by atoms with Gasteiger partial charge in [0, 0.05) is 19.2 Å². The average Bonchev–Trinajstić information content (AvgIpc) is 2.77. The number of amides is 1. The first-order valence-corrected chi connectivity index (χ1v) is 6.65. The Hall–Kier alpha value is -1.85. The molecule has 0 atom stereocenters. The molecule has 0 aliphatic carbocycles. The van der Waals surface area contributed by atoms with Crippen molar-refractivity contribution in [2.75, 3.05) is 11.9 Å². The number of benzene rings is 1. The van der Waals surface area contributed by atoms with E-state index in [1.165, 1.54) is 0 Å². The van der Waals surface area contributed by atoms with Crippen molar-refractivity contribution < 1.29 is 9.21 Å². The molecule has 1 aromatic heterocycles. The van der Waals surface area contributed by atoms with Crippen molar-refractivity contribution in [1.82, 2.24) is 10.3 Å². The molecule has 0 radical (unpaired) electrons. The monoisotopic (exact) mass is 309 g/mol. The van der Waals surface area contributed by atoms with Gasteiger partial charge >= 0.3 is 0 Å². The highest BCUT2D eigenvalue weighted by atomic mass is 35.5. The largest absolute Gasteiger partial charge is 0.436 e. The van der Waals surface area contributed by atoms with Gasteiger partial charge in [-0.05, 0) is 25.1 Å². The fourth-order valence-electron chi connectivity index (χ4n) is 1.98. The van der Waals surface area contributed by atoms with Crippen molar-refractivity contribution in [1.29, 1.82) is 0 Å². The summed E-state index contributed by atoms with van der Waals surface area (Å²) in [6.07, 6.45) is 0. The number of hydrogen-bond acceptors (Lipinski definition) is 4. The van der Waals surface area contributed by atoms with Crippen LogP contribution in [0, 0.1) is 13.8 Å². The normalized spacial score (nSPS) is 10.0. The van der Waals surface area contributed by atoms with Gasteiger partial charge in [-0.3, -0.25) is 4.79 Å². The Morgan fingerprint density at radius 2 is 2.00 bits per heavy atom. The number of carbonyl (C=O) groups is 1.